The van der Waals surface area contributed by atoms with Crippen LogP contribution in [0.1, 0.15) is 5.56 Å². The lowest BCUT2D eigenvalue weighted by atomic mass is 10.0. The van der Waals surface area contributed by atoms with E-state index in [0.717, 1.165) is 0 Å². The van der Waals surface area contributed by atoms with Crippen LogP contribution in [0.2, 0.25) is 0 Å². The van der Waals surface area contributed by atoms with E-state index >= 15 is 0 Å². The summed E-state index contributed by atoms with van der Waals surface area (Å²) in [7, 11) is 0. The molecule has 92 valence electrons. The molecule has 0 aliphatic rings. The lowest BCUT2D eigenvalue weighted by Gasteiger charge is -2.12. The molecule has 1 aromatic rings. The Hall–Kier alpha value is -1.31. The largest absolute Gasteiger partial charge is 0.375 e. The molecule has 5 N–H and O–H groups in total. The molecule has 0 amide bonds. The van der Waals surface area contributed by atoms with Gasteiger partial charge in [-0.05, 0) is 17.8 Å². The van der Waals surface area contributed by atoms with Crippen LogP contribution in [0.15, 0.2) is 30.3 Å². The highest BCUT2D eigenvalue weighted by Crippen LogP contribution is 2.25. The van der Waals surface area contributed by atoms with Crippen molar-refractivity contribution >= 4 is 45.8 Å². The summed E-state index contributed by atoms with van der Waals surface area (Å²) in [4.78, 5) is 21.2. The second-order valence-electron chi connectivity index (χ2n) is 2.88. The molecule has 0 unspecified atom stereocenters. The number of nitrogens with two attached hydrogens (primary N) is 2. The minimum Gasteiger partial charge on any atom is -0.375 e. The maximum absolute atomic E-state index is 10.6. The zero-order valence-corrected chi connectivity index (χ0v) is 11.2. The fourth-order valence-corrected chi connectivity index (χ4v) is 1.12. The maximum Gasteiger partial charge on any atom is 0.177 e. The van der Waals surface area contributed by atoms with E-state index in [-0.39, 0.29) is 5.11 Å². The third-order valence-electron chi connectivity index (χ3n) is 1.70. The molecule has 1 aromatic carbocycles. The Labute approximate surface area is 113 Å². The van der Waals surface area contributed by atoms with Crippen LogP contribution in [0, 0.1) is 0 Å². The third kappa shape index (κ3) is 5.53. The summed E-state index contributed by atoms with van der Waals surface area (Å²) in [6.07, 6.45) is 1.16. The van der Waals surface area contributed by atoms with E-state index in [2.05, 4.69) is 34.0 Å². The molecule has 0 fully saturated rings. The minimum atomic E-state index is -1.17. The Morgan fingerprint density at radius 1 is 1.29 bits per heavy atom. The summed E-state index contributed by atoms with van der Waals surface area (Å²) in [5.74, 6) is 4.66. The molecule has 0 radical (unpaired) electrons. The molecule has 1 rings (SSSR count). The van der Waals surface area contributed by atoms with E-state index in [0.29, 0.717) is 18.1 Å². The highest BCUT2D eigenvalue weighted by atomic mass is 79.9. The van der Waals surface area contributed by atoms with Gasteiger partial charge >= 0.3 is 0 Å². The molecule has 0 aliphatic carbocycles. The smallest absolute Gasteiger partial charge is 0.177 e. The fraction of sp³-hybridized carbons (Fsp3) is 0.100. The number of nitrogens with one attached hydrogen (secondary N) is 1. The molecular formula is C10H12BrN3O2S. The molecule has 0 aromatic heterocycles. The van der Waals surface area contributed by atoms with Gasteiger partial charge in [-0.25, -0.2) is 5.84 Å². The molecule has 0 bridgehead atoms. The van der Waals surface area contributed by atoms with Gasteiger partial charge in [0, 0.05) is 0 Å². The normalized spacial score (nSPS) is 9.53. The van der Waals surface area contributed by atoms with Gasteiger partial charge in [-0.15, -0.1) is 0 Å². The van der Waals surface area contributed by atoms with Crippen LogP contribution in [0.5, 0.6) is 0 Å². The van der Waals surface area contributed by atoms with E-state index in [4.69, 9.17) is 5.73 Å². The zero-order chi connectivity index (χ0) is 13.3. The van der Waals surface area contributed by atoms with Crippen molar-refractivity contribution in [3.8, 4) is 0 Å². The van der Waals surface area contributed by atoms with Gasteiger partial charge in [0.25, 0.3) is 0 Å². The van der Waals surface area contributed by atoms with Gasteiger partial charge in [0.2, 0.25) is 0 Å². The van der Waals surface area contributed by atoms with Gasteiger partial charge in [0.1, 0.15) is 12.6 Å². The van der Waals surface area contributed by atoms with Crippen LogP contribution >= 0.6 is 28.1 Å². The van der Waals surface area contributed by atoms with Crippen molar-refractivity contribution in [1.29, 1.82) is 0 Å². The van der Waals surface area contributed by atoms with Gasteiger partial charge in [-0.1, -0.05) is 46.3 Å². The van der Waals surface area contributed by atoms with E-state index in [1.54, 1.807) is 24.3 Å². The number of benzene rings is 1. The second-order valence-corrected chi connectivity index (χ2v) is 4.63. The minimum absolute atomic E-state index is 0.116. The first-order chi connectivity index (χ1) is 8.00. The number of carbonyl (C=O) groups excluding carboxylic acids is 2. The second kappa shape index (κ2) is 7.88. The first-order valence-electron chi connectivity index (χ1n) is 4.43. The molecule has 17 heavy (non-hydrogen) atoms. The highest BCUT2D eigenvalue weighted by Gasteiger charge is 2.27. The van der Waals surface area contributed by atoms with E-state index in [1.807, 2.05) is 11.5 Å². The van der Waals surface area contributed by atoms with Crippen molar-refractivity contribution in [2.45, 2.75) is 4.32 Å². The van der Waals surface area contributed by atoms with Crippen molar-refractivity contribution in [3.63, 3.8) is 0 Å². The van der Waals surface area contributed by atoms with Crippen molar-refractivity contribution < 1.29 is 9.59 Å². The molecule has 0 saturated carbocycles. The number of carbonyl (C=O) groups is 2. The van der Waals surface area contributed by atoms with Crippen LogP contribution in [0.4, 0.5) is 0 Å². The number of hydrogen-bond acceptors (Lipinski definition) is 4. The molecule has 0 saturated heterocycles. The van der Waals surface area contributed by atoms with Crippen LogP contribution < -0.4 is 17.0 Å². The Bertz CT molecular complexity index is 378. The Balaban J connectivity index is 0.000000437. The van der Waals surface area contributed by atoms with E-state index in [1.165, 1.54) is 0 Å². The highest BCUT2D eigenvalue weighted by molar-refractivity contribution is 9.10. The number of hydrogen-bond donors (Lipinski definition) is 3. The fourth-order valence-electron chi connectivity index (χ4n) is 0.857. The SMILES string of the molecule is NNC(N)=S.O=CC(Br)(C=O)c1ccccc1. The molecular weight excluding hydrogens is 306 g/mol. The lowest BCUT2D eigenvalue weighted by molar-refractivity contribution is -0.117. The Morgan fingerprint density at radius 3 is 2.00 bits per heavy atom. The van der Waals surface area contributed by atoms with Gasteiger partial charge in [-0.3, -0.25) is 0 Å². The molecule has 0 atom stereocenters. The first-order valence-corrected chi connectivity index (χ1v) is 5.63. The van der Waals surface area contributed by atoms with Crippen molar-refractivity contribution in [2.75, 3.05) is 0 Å². The summed E-state index contributed by atoms with van der Waals surface area (Å²) < 4.78 is -1.17. The van der Waals surface area contributed by atoms with Gasteiger partial charge in [-0.2, -0.15) is 0 Å². The summed E-state index contributed by atoms with van der Waals surface area (Å²) in [6, 6.07) is 8.82. The molecule has 0 aliphatic heterocycles. The number of thiocarbonyl (C=S) groups is 1. The zero-order valence-electron chi connectivity index (χ0n) is 8.80. The predicted octanol–water partition coefficient (Wildman–Crippen LogP) is 0.368. The topological polar surface area (TPSA) is 98.2 Å². The van der Waals surface area contributed by atoms with Gasteiger partial charge < -0.3 is 20.7 Å². The van der Waals surface area contributed by atoms with Crippen molar-refractivity contribution in [1.82, 2.24) is 5.43 Å². The van der Waals surface area contributed by atoms with Crippen molar-refractivity contribution in [3.05, 3.63) is 35.9 Å². The van der Waals surface area contributed by atoms with Crippen LogP contribution in [-0.2, 0) is 13.9 Å². The average molecular weight is 318 g/mol. The quantitative estimate of drug-likeness (QED) is 0.186. The Kier molecular flexibility index (Phi) is 7.27. The van der Waals surface area contributed by atoms with Crippen LogP contribution in [0.3, 0.4) is 0 Å². The maximum atomic E-state index is 10.6. The molecule has 7 heteroatoms. The number of aldehydes is 2. The van der Waals surface area contributed by atoms with Gasteiger partial charge in [0.15, 0.2) is 9.44 Å². The third-order valence-corrected chi connectivity index (χ3v) is 2.65. The van der Waals surface area contributed by atoms with E-state index in [9.17, 15) is 9.59 Å². The van der Waals surface area contributed by atoms with Crippen molar-refractivity contribution in [2.24, 2.45) is 11.6 Å². The van der Waals surface area contributed by atoms with Gasteiger partial charge in [0.05, 0.1) is 0 Å². The number of hydrazine groups is 1. The number of alkyl halides is 1. The summed E-state index contributed by atoms with van der Waals surface area (Å²) in [5, 5.41) is 0.116. The summed E-state index contributed by atoms with van der Waals surface area (Å²) in [6.45, 7) is 0. The molecule has 0 spiro atoms. The number of rotatable bonds is 3. The predicted molar refractivity (Wildman–Crippen MR) is 73.3 cm³/mol. The standard InChI is InChI=1S/C9H7BrO2.CH5N3S/c10-9(6-11,7-12)8-4-2-1-3-5-8;2-1(5)4-3/h1-7H;3H2,(H3,2,4,5). The first kappa shape index (κ1) is 15.7. The van der Waals surface area contributed by atoms with E-state index < -0.39 is 4.32 Å². The van der Waals surface area contributed by atoms with Crippen LogP contribution in [-0.4, -0.2) is 17.7 Å². The summed E-state index contributed by atoms with van der Waals surface area (Å²) >= 11 is 7.29. The monoisotopic (exact) mass is 317 g/mol. The summed E-state index contributed by atoms with van der Waals surface area (Å²) in [5.41, 5.74) is 7.47. The van der Waals surface area contributed by atoms with Crippen LogP contribution in [0.25, 0.3) is 0 Å². The Morgan fingerprint density at radius 2 is 1.71 bits per heavy atom. The average Bonchev–Trinajstić information content (AvgIpc) is 2.39. The molecule has 5 nitrogen and oxygen atoms in total. The number of halogens is 1. The lowest BCUT2D eigenvalue weighted by Crippen LogP contribution is -2.34. The molecule has 0 heterocycles.